The number of ether oxygens (including phenoxy) is 1. The zero-order chi connectivity index (χ0) is 6.85. The van der Waals surface area contributed by atoms with Gasteiger partial charge in [-0.1, -0.05) is 0 Å². The van der Waals surface area contributed by atoms with E-state index >= 15 is 0 Å². The molecule has 0 amide bonds. The highest BCUT2D eigenvalue weighted by Gasteiger charge is 2.06. The highest BCUT2D eigenvalue weighted by atomic mass is 32.2. The highest BCUT2D eigenvalue weighted by molar-refractivity contribution is 7.19. The van der Waals surface area contributed by atoms with Crippen LogP contribution in [0.4, 0.5) is 0 Å². The molecule has 0 radical (unpaired) electrons. The SMILES string of the molecule is COc1cc(C)[s+]([O-])n1. The Morgan fingerprint density at radius 2 is 2.44 bits per heavy atom. The Labute approximate surface area is 56.2 Å². The van der Waals surface area contributed by atoms with E-state index in [1.165, 1.54) is 7.11 Å². The van der Waals surface area contributed by atoms with Crippen LogP contribution in [0.1, 0.15) is 4.88 Å². The first kappa shape index (κ1) is 6.51. The van der Waals surface area contributed by atoms with Gasteiger partial charge in [0.2, 0.25) is 0 Å². The summed E-state index contributed by atoms with van der Waals surface area (Å²) in [4.78, 5) is 0.742. The summed E-state index contributed by atoms with van der Waals surface area (Å²) in [5.74, 6) is 0.450. The average Bonchev–Trinajstić information content (AvgIpc) is 2.13. The molecule has 3 nitrogen and oxygen atoms in total. The van der Waals surface area contributed by atoms with Crippen molar-refractivity contribution in [2.24, 2.45) is 0 Å². The van der Waals surface area contributed by atoms with Gasteiger partial charge >= 0.3 is 0 Å². The number of aryl methyl sites for hydroxylation is 1. The summed E-state index contributed by atoms with van der Waals surface area (Å²) in [6, 6.07) is 1.66. The van der Waals surface area contributed by atoms with Crippen LogP contribution in [0, 0.1) is 6.92 Å². The maximum Gasteiger partial charge on any atom is 0.271 e. The minimum absolute atomic E-state index is 0.450. The van der Waals surface area contributed by atoms with Crippen LogP contribution in [0.3, 0.4) is 0 Å². The molecule has 0 spiro atoms. The second kappa shape index (κ2) is 2.33. The molecule has 1 unspecified atom stereocenters. The number of hydrogen-bond donors (Lipinski definition) is 0. The Balaban J connectivity index is 2.98. The largest absolute Gasteiger partial charge is 0.569 e. The minimum Gasteiger partial charge on any atom is -0.569 e. The van der Waals surface area contributed by atoms with Gasteiger partial charge in [0, 0.05) is 11.3 Å². The molecule has 0 fully saturated rings. The van der Waals surface area contributed by atoms with Crippen LogP contribution in [0.25, 0.3) is 0 Å². The van der Waals surface area contributed by atoms with E-state index in [0.717, 1.165) is 4.88 Å². The molecule has 4 heteroatoms. The summed E-state index contributed by atoms with van der Waals surface area (Å²) in [7, 11) is 0.332. The van der Waals surface area contributed by atoms with Crippen LogP contribution >= 0.6 is 10.9 Å². The van der Waals surface area contributed by atoms with E-state index in [9.17, 15) is 4.55 Å². The van der Waals surface area contributed by atoms with E-state index < -0.39 is 10.9 Å². The fraction of sp³-hybridized carbons (Fsp3) is 0.400. The van der Waals surface area contributed by atoms with Crippen LogP contribution in [0.5, 0.6) is 5.88 Å². The standard InChI is InChI=1S/C5H7NO2S/c1-4-3-5(8-2)6-9(4)7/h3H,1-2H3. The Bertz CT molecular complexity index is 189. The van der Waals surface area contributed by atoms with Gasteiger partial charge in [0.1, 0.15) is 0 Å². The molecule has 9 heavy (non-hydrogen) atoms. The maximum atomic E-state index is 10.7. The Morgan fingerprint density at radius 3 is 2.67 bits per heavy atom. The van der Waals surface area contributed by atoms with Crippen LogP contribution in [0.2, 0.25) is 0 Å². The fourth-order valence-corrected chi connectivity index (χ4v) is 1.14. The summed E-state index contributed by atoms with van der Waals surface area (Å²) >= 11 is 0. The summed E-state index contributed by atoms with van der Waals surface area (Å²) < 4.78 is 19.1. The van der Waals surface area contributed by atoms with Gasteiger partial charge in [0.15, 0.2) is 4.88 Å². The van der Waals surface area contributed by atoms with Gasteiger partial charge in [0.05, 0.1) is 24.1 Å². The second-order valence-corrected chi connectivity index (χ2v) is 2.96. The lowest BCUT2D eigenvalue weighted by atomic mass is 10.5. The van der Waals surface area contributed by atoms with Gasteiger partial charge in [-0.2, -0.15) is 0 Å². The molecule has 0 aromatic carbocycles. The monoisotopic (exact) mass is 145 g/mol. The number of hydrogen-bond acceptors (Lipinski definition) is 3. The first-order valence-corrected chi connectivity index (χ1v) is 3.57. The fourth-order valence-electron chi connectivity index (χ4n) is 0.501. The van der Waals surface area contributed by atoms with Crippen molar-refractivity contribution in [3.05, 3.63) is 10.9 Å². The maximum absolute atomic E-state index is 10.7. The Hall–Kier alpha value is -0.610. The summed E-state index contributed by atoms with van der Waals surface area (Å²) in [6.45, 7) is 1.76. The van der Waals surface area contributed by atoms with Crippen LogP contribution < -0.4 is 4.74 Å². The third-order valence-electron chi connectivity index (χ3n) is 0.984. The Morgan fingerprint density at radius 1 is 1.78 bits per heavy atom. The molecular weight excluding hydrogens is 138 g/mol. The molecule has 1 aromatic rings. The molecule has 0 aliphatic rings. The number of aromatic nitrogens is 1. The molecule has 1 atom stereocenters. The van der Waals surface area contributed by atoms with E-state index in [0.29, 0.717) is 5.88 Å². The van der Waals surface area contributed by atoms with Crippen LogP contribution in [-0.4, -0.2) is 16.0 Å². The van der Waals surface area contributed by atoms with E-state index in [2.05, 4.69) is 4.37 Å². The summed E-state index contributed by atoms with van der Waals surface area (Å²) in [5, 5.41) is 0. The molecule has 0 aliphatic carbocycles. The van der Waals surface area contributed by atoms with Gasteiger partial charge in [-0.3, -0.25) is 0 Å². The lowest BCUT2D eigenvalue weighted by molar-refractivity contribution is 0.401. The van der Waals surface area contributed by atoms with Crippen molar-refractivity contribution >= 4 is 10.9 Å². The van der Waals surface area contributed by atoms with Crippen LogP contribution in [-0.2, 0) is 0 Å². The number of rotatable bonds is 1. The van der Waals surface area contributed by atoms with Crippen molar-refractivity contribution in [3.8, 4) is 5.88 Å². The van der Waals surface area contributed by atoms with Gasteiger partial charge in [-0.05, 0) is 0 Å². The highest BCUT2D eigenvalue weighted by Crippen LogP contribution is 2.21. The molecule has 0 saturated carbocycles. The zero-order valence-corrected chi connectivity index (χ0v) is 6.07. The van der Waals surface area contributed by atoms with Gasteiger partial charge in [0.25, 0.3) is 5.88 Å². The topological polar surface area (TPSA) is 45.2 Å². The molecule has 1 aromatic heterocycles. The first-order valence-electron chi connectivity index (χ1n) is 2.47. The molecule has 0 saturated heterocycles. The summed E-state index contributed by atoms with van der Waals surface area (Å²) in [5.41, 5.74) is 0. The molecule has 0 N–H and O–H groups in total. The molecule has 1 rings (SSSR count). The smallest absolute Gasteiger partial charge is 0.271 e. The normalized spacial score (nSPS) is 11.7. The summed E-state index contributed by atoms with van der Waals surface area (Å²) in [6.07, 6.45) is 0. The van der Waals surface area contributed by atoms with Crippen molar-refractivity contribution < 1.29 is 9.29 Å². The number of methoxy groups -OCH3 is 1. The average molecular weight is 145 g/mol. The van der Waals surface area contributed by atoms with E-state index in [-0.39, 0.29) is 0 Å². The van der Waals surface area contributed by atoms with Gasteiger partial charge in [-0.15, -0.1) is 0 Å². The van der Waals surface area contributed by atoms with E-state index in [1.54, 1.807) is 13.0 Å². The predicted molar refractivity (Wildman–Crippen MR) is 34.2 cm³/mol. The zero-order valence-electron chi connectivity index (χ0n) is 5.25. The van der Waals surface area contributed by atoms with Crippen molar-refractivity contribution in [1.29, 1.82) is 0 Å². The molecule has 50 valence electrons. The second-order valence-electron chi connectivity index (χ2n) is 1.64. The van der Waals surface area contributed by atoms with Gasteiger partial charge in [-0.25, -0.2) is 0 Å². The molecule has 0 aliphatic heterocycles. The minimum atomic E-state index is -1.17. The van der Waals surface area contributed by atoms with Crippen LogP contribution in [0.15, 0.2) is 6.07 Å². The van der Waals surface area contributed by atoms with Crippen molar-refractivity contribution in [2.75, 3.05) is 7.11 Å². The third-order valence-corrected chi connectivity index (χ3v) is 2.00. The van der Waals surface area contributed by atoms with Gasteiger partial charge < -0.3 is 9.29 Å². The molecule has 0 bridgehead atoms. The third kappa shape index (κ3) is 1.20. The van der Waals surface area contributed by atoms with E-state index in [1.807, 2.05) is 0 Å². The lowest BCUT2D eigenvalue weighted by Gasteiger charge is -1.83. The lowest BCUT2D eigenvalue weighted by Crippen LogP contribution is -1.79. The Kier molecular flexibility index (Phi) is 1.68. The van der Waals surface area contributed by atoms with Crippen molar-refractivity contribution in [1.82, 2.24) is 4.37 Å². The van der Waals surface area contributed by atoms with Crippen molar-refractivity contribution in [3.63, 3.8) is 0 Å². The quantitative estimate of drug-likeness (QED) is 0.556. The van der Waals surface area contributed by atoms with E-state index in [4.69, 9.17) is 4.74 Å². The molecular formula is C5H7NO2S. The number of nitrogens with zero attached hydrogens (tertiary/aromatic N) is 1. The first-order chi connectivity index (χ1) is 4.24. The molecule has 1 heterocycles. The van der Waals surface area contributed by atoms with Crippen molar-refractivity contribution in [2.45, 2.75) is 6.92 Å². The predicted octanol–water partition coefficient (Wildman–Crippen LogP) is 1.13.